The molecule has 2 unspecified atom stereocenters. The fraction of sp³-hybridized carbons (Fsp3) is 0.519. The fourth-order valence-electron chi connectivity index (χ4n) is 5.09. The Morgan fingerprint density at radius 2 is 1.71 bits per heavy atom. The normalized spacial score (nSPS) is 15.3. The summed E-state index contributed by atoms with van der Waals surface area (Å²) in [6.45, 7) is 4.15. The maximum Gasteiger partial charge on any atom is 0.248 e. The zero-order valence-corrected chi connectivity index (χ0v) is 20.9. The van der Waals surface area contributed by atoms with Crippen molar-refractivity contribution >= 4 is 0 Å². The number of hydrogen-bond donors (Lipinski definition) is 0. The highest BCUT2D eigenvalue weighted by Gasteiger charge is 2.40. The van der Waals surface area contributed by atoms with E-state index in [2.05, 4.69) is 19.9 Å². The summed E-state index contributed by atoms with van der Waals surface area (Å²) < 4.78 is 22.3. The van der Waals surface area contributed by atoms with Crippen LogP contribution in [0.1, 0.15) is 57.9 Å². The molecule has 0 radical (unpaired) electrons. The van der Waals surface area contributed by atoms with E-state index < -0.39 is 17.7 Å². The van der Waals surface area contributed by atoms with E-state index in [0.717, 1.165) is 18.4 Å². The van der Waals surface area contributed by atoms with Gasteiger partial charge in [-0.05, 0) is 48.6 Å². The lowest BCUT2D eigenvalue weighted by Gasteiger charge is -2.35. The Morgan fingerprint density at radius 1 is 1.09 bits per heavy atom. The van der Waals surface area contributed by atoms with Crippen molar-refractivity contribution in [3.63, 3.8) is 0 Å². The molecule has 2 aromatic rings. The number of nitrogens with zero attached hydrogens (tertiary/aromatic N) is 2. The lowest BCUT2D eigenvalue weighted by Crippen LogP contribution is -2.35. The summed E-state index contributed by atoms with van der Waals surface area (Å²) in [6, 6.07) is 14.6. The molecule has 8 nitrogen and oxygen atoms in total. The van der Waals surface area contributed by atoms with E-state index in [-0.39, 0.29) is 17.3 Å². The SMILES string of the molecule is CCC(CC)C(C#N)(CCCC(CC1Oc2ccccc2O1)[N+](=O)[O-])c1ccc(OC)c(OC)c1. The minimum absolute atomic E-state index is 0.0932. The van der Waals surface area contributed by atoms with Gasteiger partial charge >= 0.3 is 0 Å². The summed E-state index contributed by atoms with van der Waals surface area (Å²) in [7, 11) is 3.14. The van der Waals surface area contributed by atoms with Crippen LogP contribution in [0.3, 0.4) is 0 Å². The van der Waals surface area contributed by atoms with Gasteiger partial charge in [-0.25, -0.2) is 0 Å². The van der Waals surface area contributed by atoms with Crippen molar-refractivity contribution in [1.29, 1.82) is 5.26 Å². The second-order valence-electron chi connectivity index (χ2n) is 8.85. The van der Waals surface area contributed by atoms with Gasteiger partial charge < -0.3 is 18.9 Å². The highest BCUT2D eigenvalue weighted by molar-refractivity contribution is 5.47. The third kappa shape index (κ3) is 5.61. The molecule has 0 aliphatic carbocycles. The lowest BCUT2D eigenvalue weighted by atomic mass is 9.66. The molecule has 3 rings (SSSR count). The van der Waals surface area contributed by atoms with Gasteiger partial charge in [-0.1, -0.05) is 44.9 Å². The van der Waals surface area contributed by atoms with Crippen molar-refractivity contribution in [3.05, 3.63) is 58.1 Å². The number of fused-ring (bicyclic) bond motifs is 1. The van der Waals surface area contributed by atoms with Gasteiger partial charge in [0.15, 0.2) is 23.0 Å². The zero-order chi connectivity index (χ0) is 25.4. The van der Waals surface area contributed by atoms with Crippen LogP contribution < -0.4 is 18.9 Å². The topological polar surface area (TPSA) is 104 Å². The summed E-state index contributed by atoms with van der Waals surface area (Å²) in [5.41, 5.74) is 0.0581. The van der Waals surface area contributed by atoms with Crippen molar-refractivity contribution in [2.24, 2.45) is 5.92 Å². The average Bonchev–Trinajstić information content (AvgIpc) is 3.29. The van der Waals surface area contributed by atoms with Crippen LogP contribution in [-0.4, -0.2) is 31.5 Å². The molecule has 0 bridgehead atoms. The van der Waals surface area contributed by atoms with E-state index in [0.29, 0.717) is 42.3 Å². The first-order chi connectivity index (χ1) is 16.9. The number of benzene rings is 2. The van der Waals surface area contributed by atoms with E-state index in [9.17, 15) is 15.4 Å². The van der Waals surface area contributed by atoms with Crippen molar-refractivity contribution in [1.82, 2.24) is 0 Å². The van der Waals surface area contributed by atoms with E-state index in [1.807, 2.05) is 30.3 Å². The Balaban J connectivity index is 1.76. The minimum Gasteiger partial charge on any atom is -0.493 e. The third-order valence-electron chi connectivity index (χ3n) is 7.02. The number of hydrogen-bond acceptors (Lipinski definition) is 7. The van der Waals surface area contributed by atoms with Crippen molar-refractivity contribution in [3.8, 4) is 29.1 Å². The average molecular weight is 483 g/mol. The van der Waals surface area contributed by atoms with Gasteiger partial charge in [-0.15, -0.1) is 0 Å². The number of rotatable bonds is 13. The van der Waals surface area contributed by atoms with E-state index in [1.54, 1.807) is 26.4 Å². The second-order valence-corrected chi connectivity index (χ2v) is 8.85. The smallest absolute Gasteiger partial charge is 0.248 e. The molecular weight excluding hydrogens is 448 g/mol. The van der Waals surface area contributed by atoms with Gasteiger partial charge in [0.25, 0.3) is 0 Å². The van der Waals surface area contributed by atoms with Gasteiger partial charge in [-0.2, -0.15) is 5.26 Å². The first-order valence-electron chi connectivity index (χ1n) is 12.1. The maximum atomic E-state index is 11.9. The van der Waals surface area contributed by atoms with Crippen LogP contribution in [0.2, 0.25) is 0 Å². The van der Waals surface area contributed by atoms with Crippen molar-refractivity contribution in [2.75, 3.05) is 14.2 Å². The van der Waals surface area contributed by atoms with Crippen LogP contribution >= 0.6 is 0 Å². The largest absolute Gasteiger partial charge is 0.493 e. The summed E-state index contributed by atoms with van der Waals surface area (Å²) in [5, 5.41) is 22.3. The predicted octanol–water partition coefficient (Wildman–Crippen LogP) is 5.90. The quantitative estimate of drug-likeness (QED) is 0.258. The predicted molar refractivity (Wildman–Crippen MR) is 132 cm³/mol. The zero-order valence-electron chi connectivity index (χ0n) is 20.9. The standard InChI is InChI=1S/C27H34N2O6/c1-5-19(6-2)27(18-28,20-13-14-22(32-3)25(16-20)33-4)15-9-10-21(29(30)31)17-26-34-23-11-7-8-12-24(23)35-26/h7-8,11-14,16,19,21,26H,5-6,9-10,15,17H2,1-4H3. The molecule has 0 spiro atoms. The summed E-state index contributed by atoms with van der Waals surface area (Å²) in [4.78, 5) is 11.6. The van der Waals surface area contributed by atoms with Crippen molar-refractivity contribution in [2.45, 2.75) is 70.1 Å². The number of para-hydroxylation sites is 2. The highest BCUT2D eigenvalue weighted by atomic mass is 16.7. The first-order valence-corrected chi connectivity index (χ1v) is 12.1. The molecule has 35 heavy (non-hydrogen) atoms. The van der Waals surface area contributed by atoms with E-state index >= 15 is 0 Å². The van der Waals surface area contributed by atoms with E-state index in [4.69, 9.17) is 18.9 Å². The van der Waals surface area contributed by atoms with Crippen molar-refractivity contribution < 1.29 is 23.9 Å². The van der Waals surface area contributed by atoms with Gasteiger partial charge in [0.05, 0.1) is 32.1 Å². The molecule has 2 atom stereocenters. The minimum atomic E-state index is -0.835. The van der Waals surface area contributed by atoms with Crippen LogP contribution in [0.25, 0.3) is 0 Å². The Bertz CT molecular complexity index is 1020. The molecule has 1 aliphatic heterocycles. The Hall–Kier alpha value is -3.47. The van der Waals surface area contributed by atoms with Gasteiger partial charge in [-0.3, -0.25) is 10.1 Å². The number of methoxy groups -OCH3 is 2. The molecule has 0 fully saturated rings. The highest BCUT2D eigenvalue weighted by Crippen LogP contribution is 2.44. The Morgan fingerprint density at radius 3 is 2.23 bits per heavy atom. The molecule has 1 heterocycles. The fourth-order valence-corrected chi connectivity index (χ4v) is 5.09. The van der Waals surface area contributed by atoms with Crippen LogP contribution in [0.4, 0.5) is 0 Å². The molecule has 188 valence electrons. The molecule has 0 N–H and O–H groups in total. The molecule has 1 aliphatic rings. The summed E-state index contributed by atoms with van der Waals surface area (Å²) >= 11 is 0. The van der Waals surface area contributed by atoms with Crippen LogP contribution in [0.5, 0.6) is 23.0 Å². The monoisotopic (exact) mass is 482 g/mol. The Labute approximate surface area is 206 Å². The van der Waals surface area contributed by atoms with Gasteiger partial charge in [0, 0.05) is 11.3 Å². The molecule has 8 heteroatoms. The van der Waals surface area contributed by atoms with Crippen LogP contribution in [-0.2, 0) is 5.41 Å². The lowest BCUT2D eigenvalue weighted by molar-refractivity contribution is -0.527. The third-order valence-corrected chi connectivity index (χ3v) is 7.02. The number of nitriles is 1. The number of ether oxygens (including phenoxy) is 4. The second kappa shape index (κ2) is 11.8. The molecule has 0 aromatic heterocycles. The maximum absolute atomic E-state index is 11.9. The van der Waals surface area contributed by atoms with Gasteiger partial charge in [0.2, 0.25) is 12.3 Å². The van der Waals surface area contributed by atoms with E-state index in [1.165, 1.54) is 0 Å². The molecular formula is C27H34N2O6. The number of nitro groups is 1. The first kappa shape index (κ1) is 26.1. The molecule has 0 amide bonds. The molecule has 2 aromatic carbocycles. The molecule has 0 saturated carbocycles. The molecule has 0 saturated heterocycles. The summed E-state index contributed by atoms with van der Waals surface area (Å²) in [5.74, 6) is 2.46. The van der Waals surface area contributed by atoms with Gasteiger partial charge in [0.1, 0.15) is 0 Å². The summed E-state index contributed by atoms with van der Waals surface area (Å²) in [6.07, 6.45) is 2.43. The Kier molecular flexibility index (Phi) is 8.80. The van der Waals surface area contributed by atoms with Crippen LogP contribution in [0.15, 0.2) is 42.5 Å². The van der Waals surface area contributed by atoms with Crippen LogP contribution in [0, 0.1) is 27.4 Å².